The maximum absolute atomic E-state index is 10.8. The third-order valence-electron chi connectivity index (χ3n) is 1.62. The van der Waals surface area contributed by atoms with Crippen molar-refractivity contribution in [3.8, 4) is 0 Å². The zero-order valence-corrected chi connectivity index (χ0v) is 9.06. The van der Waals surface area contributed by atoms with Crippen molar-refractivity contribution < 1.29 is 44.1 Å². The second-order valence-corrected chi connectivity index (χ2v) is 4.23. The highest BCUT2D eigenvalue weighted by Crippen LogP contribution is 2.36. The predicted molar refractivity (Wildman–Crippen MR) is 47.8 cm³/mol. The first kappa shape index (κ1) is 15.5. The fourth-order valence-corrected chi connectivity index (χ4v) is 1.13. The number of aliphatic hydroxyl groups excluding tert-OH is 4. The first-order valence-electron chi connectivity index (χ1n) is 4.07. The van der Waals surface area contributed by atoms with Crippen molar-refractivity contribution in [1.29, 1.82) is 0 Å². The van der Waals surface area contributed by atoms with Gasteiger partial charge in [-0.1, -0.05) is 0 Å². The van der Waals surface area contributed by atoms with Gasteiger partial charge in [0.15, 0.2) is 6.10 Å². The average Bonchev–Trinajstić information content (AvgIpc) is 2.11. The fourth-order valence-electron chi connectivity index (χ4n) is 0.783. The normalized spacial score (nSPS) is 19.7. The lowest BCUT2D eigenvalue weighted by molar-refractivity contribution is -0.160. The molecular weight excluding hydrogens is 247 g/mol. The first-order chi connectivity index (χ1) is 7.06. The highest BCUT2D eigenvalue weighted by Gasteiger charge is 2.36. The maximum Gasteiger partial charge on any atom is 0.527 e. The zero-order valence-electron chi connectivity index (χ0n) is 8.16. The van der Waals surface area contributed by atoms with Crippen molar-refractivity contribution in [3.05, 3.63) is 0 Å². The van der Waals surface area contributed by atoms with Gasteiger partial charge >= 0.3 is 13.8 Å². The van der Waals surface area contributed by atoms with Crippen LogP contribution < -0.4 is 0 Å². The molecule has 10 heteroatoms. The SMILES string of the molecule is C[C@H](O)[C@H](O)[C@@H](O)[C@@H](O)C(=O)OP(=O)(O)O. The summed E-state index contributed by atoms with van der Waals surface area (Å²) in [6, 6.07) is 0. The van der Waals surface area contributed by atoms with E-state index in [1.165, 1.54) is 0 Å². The summed E-state index contributed by atoms with van der Waals surface area (Å²) in [4.78, 5) is 27.3. The Morgan fingerprint density at radius 1 is 1.12 bits per heavy atom. The third-order valence-corrected chi connectivity index (χ3v) is 2.04. The second kappa shape index (κ2) is 5.69. The Hall–Kier alpha value is -0.540. The van der Waals surface area contributed by atoms with Gasteiger partial charge < -0.3 is 24.9 Å². The summed E-state index contributed by atoms with van der Waals surface area (Å²) < 4.78 is 13.7. The Morgan fingerprint density at radius 3 is 1.88 bits per heavy atom. The average molecular weight is 260 g/mol. The van der Waals surface area contributed by atoms with Crippen LogP contribution in [0.5, 0.6) is 0 Å². The molecule has 0 aromatic carbocycles. The Bertz CT molecular complexity index is 284. The Balaban J connectivity index is 4.50. The molecule has 0 bridgehead atoms. The molecule has 0 spiro atoms. The molecule has 0 aliphatic carbocycles. The minimum atomic E-state index is -5.13. The number of carbonyl (C=O) groups excluding carboxylic acids is 1. The van der Waals surface area contributed by atoms with Crippen molar-refractivity contribution in [2.24, 2.45) is 0 Å². The minimum absolute atomic E-state index is 1.08. The van der Waals surface area contributed by atoms with Crippen LogP contribution in [0.15, 0.2) is 0 Å². The molecule has 0 radical (unpaired) electrons. The van der Waals surface area contributed by atoms with E-state index >= 15 is 0 Å². The van der Waals surface area contributed by atoms with Gasteiger partial charge in [-0.05, 0) is 6.92 Å². The summed E-state index contributed by atoms with van der Waals surface area (Å²) in [7, 11) is -5.13. The molecule has 0 fully saturated rings. The van der Waals surface area contributed by atoms with Crippen LogP contribution in [-0.4, -0.2) is 60.6 Å². The Morgan fingerprint density at radius 2 is 1.56 bits per heavy atom. The number of hydrogen-bond donors (Lipinski definition) is 6. The molecule has 0 unspecified atom stereocenters. The van der Waals surface area contributed by atoms with Gasteiger partial charge in [0.1, 0.15) is 12.2 Å². The van der Waals surface area contributed by atoms with Gasteiger partial charge in [0.2, 0.25) is 0 Å². The zero-order chi connectivity index (χ0) is 13.1. The lowest BCUT2D eigenvalue weighted by Gasteiger charge is -2.23. The number of aliphatic hydroxyl groups is 4. The quantitative estimate of drug-likeness (QED) is 0.284. The van der Waals surface area contributed by atoms with Crippen LogP contribution in [-0.2, 0) is 13.9 Å². The van der Waals surface area contributed by atoms with E-state index in [2.05, 4.69) is 4.52 Å². The lowest BCUT2D eigenvalue weighted by atomic mass is 10.0. The van der Waals surface area contributed by atoms with Gasteiger partial charge in [-0.2, -0.15) is 0 Å². The molecule has 0 rings (SSSR count). The van der Waals surface area contributed by atoms with E-state index in [0.29, 0.717) is 0 Å². The van der Waals surface area contributed by atoms with Gasteiger partial charge in [-0.25, -0.2) is 9.36 Å². The molecule has 4 atom stereocenters. The molecule has 96 valence electrons. The van der Waals surface area contributed by atoms with E-state index in [1.807, 2.05) is 0 Å². The topological polar surface area (TPSA) is 165 Å². The molecule has 0 aromatic heterocycles. The van der Waals surface area contributed by atoms with Crippen LogP contribution in [0.2, 0.25) is 0 Å². The number of phosphoric acid groups is 1. The summed E-state index contributed by atoms with van der Waals surface area (Å²) in [6.45, 7) is 1.08. The van der Waals surface area contributed by atoms with E-state index in [1.54, 1.807) is 0 Å². The van der Waals surface area contributed by atoms with Gasteiger partial charge in [0.05, 0.1) is 6.10 Å². The van der Waals surface area contributed by atoms with Crippen LogP contribution in [0.4, 0.5) is 0 Å². The monoisotopic (exact) mass is 260 g/mol. The standard InChI is InChI=1S/C6H13O9P/c1-2(7)3(8)4(9)5(10)6(11)15-16(12,13)14/h2-5,7-10H,1H3,(H2,12,13,14)/t2-,3-,4+,5+/m0/s1. The number of rotatable bonds is 5. The van der Waals surface area contributed by atoms with E-state index in [0.717, 1.165) is 6.92 Å². The van der Waals surface area contributed by atoms with E-state index in [9.17, 15) is 9.36 Å². The van der Waals surface area contributed by atoms with Crippen molar-refractivity contribution in [1.82, 2.24) is 0 Å². The summed E-state index contributed by atoms with van der Waals surface area (Å²) in [5.41, 5.74) is 0. The maximum atomic E-state index is 10.8. The summed E-state index contributed by atoms with van der Waals surface area (Å²) in [5, 5.41) is 36.0. The van der Waals surface area contributed by atoms with E-state index in [-0.39, 0.29) is 0 Å². The molecule has 0 saturated carbocycles. The molecule has 9 nitrogen and oxygen atoms in total. The molecule has 16 heavy (non-hydrogen) atoms. The molecular formula is C6H13O9P. The molecule has 0 aromatic rings. The first-order valence-corrected chi connectivity index (χ1v) is 5.60. The molecule has 0 saturated heterocycles. The summed E-state index contributed by atoms with van der Waals surface area (Å²) in [5.74, 6) is -1.81. The van der Waals surface area contributed by atoms with Crippen molar-refractivity contribution >= 4 is 13.8 Å². The van der Waals surface area contributed by atoms with Crippen molar-refractivity contribution in [3.63, 3.8) is 0 Å². The van der Waals surface area contributed by atoms with Crippen LogP contribution in [0, 0.1) is 0 Å². The van der Waals surface area contributed by atoms with Crippen molar-refractivity contribution in [2.45, 2.75) is 31.3 Å². The number of phosphoric ester groups is 1. The molecule has 0 aliphatic heterocycles. The minimum Gasteiger partial charge on any atom is -0.391 e. The van der Waals surface area contributed by atoms with Gasteiger partial charge in [-0.15, -0.1) is 0 Å². The summed E-state index contributed by atoms with van der Waals surface area (Å²) in [6.07, 6.45) is -7.82. The molecule has 0 amide bonds. The molecule has 0 aliphatic rings. The number of hydrogen-bond acceptors (Lipinski definition) is 7. The second-order valence-electron chi connectivity index (χ2n) is 3.07. The highest BCUT2D eigenvalue weighted by molar-refractivity contribution is 7.46. The van der Waals surface area contributed by atoms with Crippen LogP contribution in [0.3, 0.4) is 0 Å². The summed E-state index contributed by atoms with van der Waals surface area (Å²) >= 11 is 0. The fraction of sp³-hybridized carbons (Fsp3) is 0.833. The largest absolute Gasteiger partial charge is 0.527 e. The van der Waals surface area contributed by atoms with E-state index in [4.69, 9.17) is 30.2 Å². The van der Waals surface area contributed by atoms with Gasteiger partial charge in [0, 0.05) is 0 Å². The van der Waals surface area contributed by atoms with Crippen LogP contribution >= 0.6 is 7.82 Å². The van der Waals surface area contributed by atoms with E-state index < -0.39 is 38.2 Å². The lowest BCUT2D eigenvalue weighted by Crippen LogP contribution is -2.47. The van der Waals surface area contributed by atoms with Crippen LogP contribution in [0.25, 0.3) is 0 Å². The van der Waals surface area contributed by atoms with Gasteiger partial charge in [-0.3, -0.25) is 9.79 Å². The molecule has 0 heterocycles. The predicted octanol–water partition coefficient (Wildman–Crippen LogP) is -2.91. The third kappa shape index (κ3) is 4.99. The van der Waals surface area contributed by atoms with Crippen molar-refractivity contribution in [2.75, 3.05) is 0 Å². The number of carbonyl (C=O) groups is 1. The van der Waals surface area contributed by atoms with Gasteiger partial charge in [0.25, 0.3) is 0 Å². The highest BCUT2D eigenvalue weighted by atomic mass is 31.2. The Labute approximate surface area is 90.2 Å². The smallest absolute Gasteiger partial charge is 0.391 e. The molecule has 6 N–H and O–H groups in total. The Kier molecular flexibility index (Phi) is 5.50. The van der Waals surface area contributed by atoms with Crippen LogP contribution in [0.1, 0.15) is 6.92 Å².